The summed E-state index contributed by atoms with van der Waals surface area (Å²) in [7, 11) is 1.70. The van der Waals surface area contributed by atoms with Gasteiger partial charge in [0.15, 0.2) is 0 Å². The zero-order valence-corrected chi connectivity index (χ0v) is 16.8. The second kappa shape index (κ2) is 7.32. The number of hydrogen-bond acceptors (Lipinski definition) is 6. The van der Waals surface area contributed by atoms with E-state index in [1.54, 1.807) is 18.9 Å². The number of rotatable bonds is 7. The zero-order chi connectivity index (χ0) is 19.0. The summed E-state index contributed by atoms with van der Waals surface area (Å²) in [6.45, 7) is 7.44. The van der Waals surface area contributed by atoms with Gasteiger partial charge in [-0.25, -0.2) is 0 Å². The predicted octanol–water partition coefficient (Wildman–Crippen LogP) is 3.52. The van der Waals surface area contributed by atoms with E-state index < -0.39 is 0 Å². The number of benzene rings is 2. The number of hydrogen-bond donors (Lipinski definition) is 2. The van der Waals surface area contributed by atoms with Crippen LogP contribution < -0.4 is 20.8 Å². The predicted molar refractivity (Wildman–Crippen MR) is 113 cm³/mol. The Morgan fingerprint density at radius 3 is 2.74 bits per heavy atom. The van der Waals surface area contributed by atoms with Crippen LogP contribution >= 0.6 is 11.8 Å². The van der Waals surface area contributed by atoms with E-state index in [0.717, 1.165) is 47.8 Å². The van der Waals surface area contributed by atoms with Crippen molar-refractivity contribution in [2.45, 2.75) is 23.6 Å². The summed E-state index contributed by atoms with van der Waals surface area (Å²) in [5, 5.41) is 11.9. The van der Waals surface area contributed by atoms with Gasteiger partial charge in [0.1, 0.15) is 11.4 Å². The average Bonchev–Trinajstić information content (AvgIpc) is 3.09. The van der Waals surface area contributed by atoms with E-state index in [2.05, 4.69) is 53.2 Å². The highest BCUT2D eigenvalue weighted by molar-refractivity contribution is 8.00. The summed E-state index contributed by atoms with van der Waals surface area (Å²) in [5.41, 5.74) is 10.1. The maximum atomic E-state index is 5.71. The van der Waals surface area contributed by atoms with Crippen LogP contribution in [0.15, 0.2) is 40.1 Å². The molecule has 3 aromatic rings. The molecule has 27 heavy (non-hydrogen) atoms. The maximum absolute atomic E-state index is 5.71. The van der Waals surface area contributed by atoms with Crippen molar-refractivity contribution < 1.29 is 4.74 Å². The summed E-state index contributed by atoms with van der Waals surface area (Å²) in [6.07, 6.45) is 0. The molecule has 0 atom stereocenters. The van der Waals surface area contributed by atoms with Crippen molar-refractivity contribution in [3.63, 3.8) is 0 Å². The topological polar surface area (TPSA) is 68.3 Å². The lowest BCUT2D eigenvalue weighted by Crippen LogP contribution is -2.34. The molecular weight excluding hydrogens is 358 g/mol. The van der Waals surface area contributed by atoms with E-state index in [0.29, 0.717) is 6.54 Å². The molecule has 0 aliphatic carbocycles. The van der Waals surface area contributed by atoms with Crippen LogP contribution in [-0.2, 0) is 0 Å². The molecule has 0 bridgehead atoms. The molecule has 0 spiro atoms. The quantitative estimate of drug-likeness (QED) is 0.509. The Morgan fingerprint density at radius 1 is 1.22 bits per heavy atom. The lowest BCUT2D eigenvalue weighted by atomic mass is 10.1. The molecule has 0 saturated carbocycles. The Bertz CT molecular complexity index is 980. The van der Waals surface area contributed by atoms with Crippen LogP contribution in [0.2, 0.25) is 0 Å². The molecule has 2 heterocycles. The van der Waals surface area contributed by atoms with Gasteiger partial charge in [0.05, 0.1) is 12.6 Å². The highest BCUT2D eigenvalue weighted by atomic mass is 32.2. The maximum Gasteiger partial charge on any atom is 0.119 e. The first kappa shape index (κ1) is 18.0. The van der Waals surface area contributed by atoms with Crippen molar-refractivity contribution >= 4 is 28.4 Å². The van der Waals surface area contributed by atoms with Gasteiger partial charge in [-0.05, 0) is 44.2 Å². The van der Waals surface area contributed by atoms with Crippen LogP contribution in [0, 0.1) is 0 Å². The minimum absolute atomic E-state index is 0.599. The number of fused-ring (bicyclic) bond motifs is 2. The van der Waals surface area contributed by atoms with Crippen molar-refractivity contribution in [2.24, 2.45) is 5.73 Å². The molecule has 142 valence electrons. The molecule has 1 aliphatic heterocycles. The third-order valence-electron chi connectivity index (χ3n) is 4.89. The SMILES string of the molecule is CCN(CC)n1nc2c3c(c(NCCN)ccc31)Sc1ccc(OC)cc1-2. The third kappa shape index (κ3) is 2.91. The number of nitrogens with one attached hydrogen (secondary N) is 1. The van der Waals surface area contributed by atoms with Crippen molar-refractivity contribution in [2.75, 3.05) is 43.6 Å². The van der Waals surface area contributed by atoms with E-state index in [1.807, 2.05) is 6.07 Å². The second-order valence-corrected chi connectivity index (χ2v) is 7.45. The summed E-state index contributed by atoms with van der Waals surface area (Å²) >= 11 is 1.78. The van der Waals surface area contributed by atoms with Crippen molar-refractivity contribution in [3.05, 3.63) is 30.3 Å². The first-order valence-electron chi connectivity index (χ1n) is 9.33. The normalized spacial score (nSPS) is 12.1. The van der Waals surface area contributed by atoms with Gasteiger partial charge in [-0.15, -0.1) is 0 Å². The Balaban J connectivity index is 1.99. The first-order valence-corrected chi connectivity index (χ1v) is 10.1. The highest BCUT2D eigenvalue weighted by Crippen LogP contribution is 2.51. The lowest BCUT2D eigenvalue weighted by molar-refractivity contribution is 0.414. The Hall–Kier alpha value is -2.38. The molecule has 4 rings (SSSR count). The number of anilines is 1. The minimum atomic E-state index is 0.599. The Labute approximate surface area is 163 Å². The fourth-order valence-electron chi connectivity index (χ4n) is 3.53. The van der Waals surface area contributed by atoms with Gasteiger partial charge in [0.2, 0.25) is 0 Å². The van der Waals surface area contributed by atoms with Crippen LogP contribution in [0.3, 0.4) is 0 Å². The Morgan fingerprint density at radius 2 is 2.04 bits per heavy atom. The smallest absolute Gasteiger partial charge is 0.119 e. The molecule has 0 saturated heterocycles. The summed E-state index contributed by atoms with van der Waals surface area (Å²) < 4.78 is 5.46. The molecule has 0 fully saturated rings. The third-order valence-corrected chi connectivity index (χ3v) is 6.10. The van der Waals surface area contributed by atoms with Crippen molar-refractivity contribution in [1.82, 2.24) is 9.89 Å². The first-order chi connectivity index (χ1) is 13.2. The van der Waals surface area contributed by atoms with Crippen LogP contribution in [0.1, 0.15) is 13.8 Å². The molecule has 1 aliphatic rings. The number of aromatic nitrogens is 2. The number of ether oxygens (including phenoxy) is 1. The minimum Gasteiger partial charge on any atom is -0.497 e. The molecule has 6 nitrogen and oxygen atoms in total. The van der Waals surface area contributed by atoms with Crippen LogP contribution in [0.25, 0.3) is 22.2 Å². The average molecular weight is 384 g/mol. The van der Waals surface area contributed by atoms with Gasteiger partial charge in [0.25, 0.3) is 0 Å². The van der Waals surface area contributed by atoms with Gasteiger partial charge in [-0.3, -0.25) is 5.01 Å². The zero-order valence-electron chi connectivity index (χ0n) is 16.0. The van der Waals surface area contributed by atoms with E-state index in [4.69, 9.17) is 15.6 Å². The molecule has 0 radical (unpaired) electrons. The monoisotopic (exact) mass is 383 g/mol. The number of methoxy groups -OCH3 is 1. The van der Waals surface area contributed by atoms with E-state index in [1.165, 1.54) is 15.2 Å². The Kier molecular flexibility index (Phi) is 4.88. The molecule has 0 unspecified atom stereocenters. The van der Waals surface area contributed by atoms with Crippen LogP contribution in [0.4, 0.5) is 5.69 Å². The number of nitrogens with two attached hydrogens (primary N) is 1. The molecule has 0 amide bonds. The molecule has 1 aromatic heterocycles. The second-order valence-electron chi connectivity index (χ2n) is 6.39. The fourth-order valence-corrected chi connectivity index (χ4v) is 4.71. The summed E-state index contributed by atoms with van der Waals surface area (Å²) in [5.74, 6) is 0.848. The van der Waals surface area contributed by atoms with Gasteiger partial charge in [0, 0.05) is 52.6 Å². The van der Waals surface area contributed by atoms with E-state index >= 15 is 0 Å². The fraction of sp³-hybridized carbons (Fsp3) is 0.350. The van der Waals surface area contributed by atoms with Gasteiger partial charge in [-0.2, -0.15) is 9.89 Å². The molecule has 3 N–H and O–H groups in total. The van der Waals surface area contributed by atoms with Gasteiger partial charge in [-0.1, -0.05) is 11.8 Å². The van der Waals surface area contributed by atoms with Gasteiger partial charge >= 0.3 is 0 Å². The molecule has 7 heteroatoms. The van der Waals surface area contributed by atoms with E-state index in [-0.39, 0.29) is 0 Å². The van der Waals surface area contributed by atoms with E-state index in [9.17, 15) is 0 Å². The summed E-state index contributed by atoms with van der Waals surface area (Å²) in [4.78, 5) is 4.46. The van der Waals surface area contributed by atoms with Crippen LogP contribution in [0.5, 0.6) is 5.75 Å². The highest BCUT2D eigenvalue weighted by Gasteiger charge is 2.27. The number of nitrogens with zero attached hydrogens (tertiary/aromatic N) is 3. The van der Waals surface area contributed by atoms with Crippen LogP contribution in [-0.4, -0.2) is 43.2 Å². The standard InChI is InChI=1S/C20H25N5OS/c1-4-24(5-2)25-16-8-7-15(22-11-10-21)20-18(16)19(23-25)14-12-13(26-3)6-9-17(14)27-20/h6-9,12,22H,4-5,10-11,21H2,1-3H3. The summed E-state index contributed by atoms with van der Waals surface area (Å²) in [6, 6.07) is 10.5. The van der Waals surface area contributed by atoms with Gasteiger partial charge < -0.3 is 15.8 Å². The largest absolute Gasteiger partial charge is 0.497 e. The van der Waals surface area contributed by atoms with Crippen molar-refractivity contribution in [1.29, 1.82) is 0 Å². The molecular formula is C20H25N5OS. The molecule has 2 aromatic carbocycles. The van der Waals surface area contributed by atoms with Crippen molar-refractivity contribution in [3.8, 4) is 17.0 Å². The lowest BCUT2D eigenvalue weighted by Gasteiger charge is -2.22.